The molecule has 0 atom stereocenters. The zero-order chi connectivity index (χ0) is 17.2. The van der Waals surface area contributed by atoms with E-state index in [9.17, 15) is 14.4 Å². The number of hydrogen-bond acceptors (Lipinski definition) is 5. The molecule has 0 heterocycles. The van der Waals surface area contributed by atoms with E-state index in [1.54, 1.807) is 31.4 Å². The van der Waals surface area contributed by atoms with Crippen LogP contribution in [0.4, 0.5) is 5.69 Å². The van der Waals surface area contributed by atoms with Gasteiger partial charge in [-0.3, -0.25) is 9.59 Å². The summed E-state index contributed by atoms with van der Waals surface area (Å²) in [6.45, 7) is 2.25. The maximum atomic E-state index is 12.1. The van der Waals surface area contributed by atoms with Crippen LogP contribution in [0.25, 0.3) is 0 Å². The van der Waals surface area contributed by atoms with E-state index in [-0.39, 0.29) is 23.9 Å². The molecule has 7 nitrogen and oxygen atoms in total. The molecule has 0 aliphatic heterocycles. The summed E-state index contributed by atoms with van der Waals surface area (Å²) < 4.78 is 9.61. The Morgan fingerprint density at radius 2 is 1.87 bits per heavy atom. The van der Waals surface area contributed by atoms with E-state index in [0.717, 1.165) is 0 Å². The van der Waals surface area contributed by atoms with Gasteiger partial charge >= 0.3 is 5.97 Å². The minimum atomic E-state index is -0.538. The third kappa shape index (κ3) is 6.07. The highest BCUT2D eigenvalue weighted by Gasteiger charge is 2.16. The first-order valence-electron chi connectivity index (χ1n) is 7.21. The van der Waals surface area contributed by atoms with Crippen LogP contribution in [0.1, 0.15) is 23.7 Å². The largest absolute Gasteiger partial charge is 0.465 e. The Hall–Kier alpha value is -2.41. The van der Waals surface area contributed by atoms with Crippen LogP contribution >= 0.6 is 0 Å². The minimum Gasteiger partial charge on any atom is -0.465 e. The van der Waals surface area contributed by atoms with E-state index >= 15 is 0 Å². The molecular weight excluding hydrogens is 300 g/mol. The van der Waals surface area contributed by atoms with E-state index in [4.69, 9.17) is 4.74 Å². The molecule has 0 aliphatic rings. The Bertz CT molecular complexity index is 559. The Morgan fingerprint density at radius 3 is 2.48 bits per heavy atom. The van der Waals surface area contributed by atoms with E-state index in [0.29, 0.717) is 25.3 Å². The van der Waals surface area contributed by atoms with Gasteiger partial charge in [0.05, 0.1) is 24.9 Å². The van der Waals surface area contributed by atoms with Crippen LogP contribution in [0.15, 0.2) is 24.3 Å². The molecule has 0 radical (unpaired) electrons. The number of methoxy groups -OCH3 is 2. The molecule has 7 heteroatoms. The second-order valence-electron chi connectivity index (χ2n) is 4.87. The van der Waals surface area contributed by atoms with E-state index in [2.05, 4.69) is 10.1 Å². The van der Waals surface area contributed by atoms with Crippen LogP contribution in [0, 0.1) is 0 Å². The number of anilines is 1. The summed E-state index contributed by atoms with van der Waals surface area (Å²) in [7, 11) is 2.85. The zero-order valence-corrected chi connectivity index (χ0v) is 13.6. The molecule has 0 saturated heterocycles. The molecule has 0 saturated carbocycles. The Kier molecular flexibility index (Phi) is 7.76. The van der Waals surface area contributed by atoms with Crippen molar-refractivity contribution in [2.75, 3.05) is 39.2 Å². The lowest BCUT2D eigenvalue weighted by Gasteiger charge is -2.20. The average Bonchev–Trinajstić information content (AvgIpc) is 2.53. The minimum absolute atomic E-state index is 0.0887. The highest BCUT2D eigenvalue weighted by molar-refractivity contribution is 6.02. The van der Waals surface area contributed by atoms with Gasteiger partial charge in [-0.05, 0) is 18.6 Å². The fourth-order valence-corrected chi connectivity index (χ4v) is 1.99. The number of carbonyl (C=O) groups excluding carboxylic acids is 3. The number of hydrogen-bond donors (Lipinski definition) is 1. The summed E-state index contributed by atoms with van der Waals surface area (Å²) in [5.74, 6) is -1.11. The fourth-order valence-electron chi connectivity index (χ4n) is 1.99. The Balaban J connectivity index is 2.71. The lowest BCUT2D eigenvalue weighted by Crippen LogP contribution is -2.37. The highest BCUT2D eigenvalue weighted by Crippen LogP contribution is 2.16. The molecule has 0 fully saturated rings. The van der Waals surface area contributed by atoms with Crippen molar-refractivity contribution in [3.63, 3.8) is 0 Å². The Labute approximate surface area is 135 Å². The number of carbonyl (C=O) groups is 3. The molecule has 0 aliphatic carbocycles. The second-order valence-corrected chi connectivity index (χ2v) is 4.87. The summed E-state index contributed by atoms with van der Waals surface area (Å²) in [6, 6.07) is 6.54. The second kappa shape index (κ2) is 9.58. The number of amides is 2. The van der Waals surface area contributed by atoms with Crippen LogP contribution in [-0.2, 0) is 19.1 Å². The number of benzene rings is 1. The predicted octanol–water partition coefficient (Wildman–Crippen LogP) is 1.30. The van der Waals surface area contributed by atoms with E-state index in [1.165, 1.54) is 18.9 Å². The van der Waals surface area contributed by atoms with Crippen molar-refractivity contribution in [3.05, 3.63) is 29.8 Å². The first kappa shape index (κ1) is 18.6. The van der Waals surface area contributed by atoms with Crippen molar-refractivity contribution in [3.8, 4) is 0 Å². The summed E-state index contributed by atoms with van der Waals surface area (Å²) in [5, 5.41) is 2.64. The van der Waals surface area contributed by atoms with Crippen molar-refractivity contribution < 1.29 is 23.9 Å². The molecule has 0 aromatic heterocycles. The van der Waals surface area contributed by atoms with Crippen molar-refractivity contribution in [2.45, 2.75) is 13.3 Å². The van der Waals surface area contributed by atoms with Gasteiger partial charge in [-0.2, -0.15) is 0 Å². The summed E-state index contributed by atoms with van der Waals surface area (Å²) in [6.07, 6.45) is 0.641. The number of nitrogens with one attached hydrogen (secondary N) is 1. The molecule has 0 bridgehead atoms. The number of esters is 1. The van der Waals surface area contributed by atoms with Crippen molar-refractivity contribution in [1.82, 2.24) is 4.90 Å². The molecular formula is C16H22N2O5. The molecule has 1 N–H and O–H groups in total. The van der Waals surface area contributed by atoms with Crippen LogP contribution in [-0.4, -0.2) is 56.6 Å². The lowest BCUT2D eigenvalue weighted by molar-refractivity contribution is -0.132. The summed E-state index contributed by atoms with van der Waals surface area (Å²) in [5.41, 5.74) is 0.613. The van der Waals surface area contributed by atoms with Crippen molar-refractivity contribution in [2.24, 2.45) is 0 Å². The number of ether oxygens (including phenoxy) is 2. The molecule has 1 aromatic rings. The standard InChI is InChI=1S/C16H22N2O5/c1-12(19)18(9-6-10-22-2)11-15(20)17-14-8-5-4-7-13(14)16(21)23-3/h4-5,7-8H,6,9-11H2,1-3H3,(H,17,20). The van der Waals surface area contributed by atoms with E-state index in [1.807, 2.05) is 0 Å². The SMILES string of the molecule is COCCCN(CC(=O)Nc1ccccc1C(=O)OC)C(C)=O. The van der Waals surface area contributed by atoms with Gasteiger partial charge in [-0.25, -0.2) is 4.79 Å². The van der Waals surface area contributed by atoms with Gasteiger partial charge in [0.2, 0.25) is 11.8 Å². The smallest absolute Gasteiger partial charge is 0.339 e. The molecule has 23 heavy (non-hydrogen) atoms. The van der Waals surface area contributed by atoms with Crippen LogP contribution in [0.3, 0.4) is 0 Å². The van der Waals surface area contributed by atoms with Gasteiger partial charge in [-0.15, -0.1) is 0 Å². The quantitative estimate of drug-likeness (QED) is 0.576. The first-order valence-corrected chi connectivity index (χ1v) is 7.21. The monoisotopic (exact) mass is 322 g/mol. The van der Waals surface area contributed by atoms with Crippen molar-refractivity contribution >= 4 is 23.5 Å². The van der Waals surface area contributed by atoms with Gasteiger partial charge in [0.15, 0.2) is 0 Å². The zero-order valence-electron chi connectivity index (χ0n) is 13.6. The molecule has 2 amide bonds. The maximum Gasteiger partial charge on any atom is 0.339 e. The van der Waals surface area contributed by atoms with Gasteiger partial charge in [-0.1, -0.05) is 12.1 Å². The van der Waals surface area contributed by atoms with Gasteiger partial charge in [0.1, 0.15) is 0 Å². The lowest BCUT2D eigenvalue weighted by atomic mass is 10.2. The van der Waals surface area contributed by atoms with Gasteiger partial charge < -0.3 is 19.7 Å². The molecule has 126 valence electrons. The number of para-hydroxylation sites is 1. The van der Waals surface area contributed by atoms with E-state index < -0.39 is 5.97 Å². The predicted molar refractivity (Wildman–Crippen MR) is 85.2 cm³/mol. The fraction of sp³-hybridized carbons (Fsp3) is 0.438. The summed E-state index contributed by atoms with van der Waals surface area (Å²) in [4.78, 5) is 36.8. The normalized spacial score (nSPS) is 10.0. The summed E-state index contributed by atoms with van der Waals surface area (Å²) >= 11 is 0. The van der Waals surface area contributed by atoms with Crippen LogP contribution in [0.2, 0.25) is 0 Å². The molecule has 1 rings (SSSR count). The van der Waals surface area contributed by atoms with Crippen molar-refractivity contribution in [1.29, 1.82) is 0 Å². The van der Waals surface area contributed by atoms with Gasteiger partial charge in [0, 0.05) is 27.2 Å². The maximum absolute atomic E-state index is 12.1. The molecule has 0 unspecified atom stereocenters. The highest BCUT2D eigenvalue weighted by atomic mass is 16.5. The third-order valence-electron chi connectivity index (χ3n) is 3.16. The Morgan fingerprint density at radius 1 is 1.17 bits per heavy atom. The van der Waals surface area contributed by atoms with Gasteiger partial charge in [0.25, 0.3) is 0 Å². The number of rotatable bonds is 8. The number of nitrogens with zero attached hydrogens (tertiary/aromatic N) is 1. The van der Waals surface area contributed by atoms with Crippen LogP contribution < -0.4 is 5.32 Å². The third-order valence-corrected chi connectivity index (χ3v) is 3.16. The molecule has 0 spiro atoms. The average molecular weight is 322 g/mol. The topological polar surface area (TPSA) is 84.9 Å². The molecule has 1 aromatic carbocycles. The first-order chi connectivity index (χ1) is 11.0. The van der Waals surface area contributed by atoms with Crippen LogP contribution in [0.5, 0.6) is 0 Å².